The third kappa shape index (κ3) is 5.50. The van der Waals surface area contributed by atoms with Gasteiger partial charge in [-0.15, -0.1) is 0 Å². The van der Waals surface area contributed by atoms with Crippen LogP contribution in [-0.2, 0) is 22.4 Å². The lowest BCUT2D eigenvalue weighted by Gasteiger charge is -2.37. The van der Waals surface area contributed by atoms with E-state index in [4.69, 9.17) is 0 Å². The fourth-order valence-electron chi connectivity index (χ4n) is 4.66. The highest BCUT2D eigenvalue weighted by atomic mass is 19.1. The van der Waals surface area contributed by atoms with Crippen molar-refractivity contribution in [3.05, 3.63) is 59.2 Å². The van der Waals surface area contributed by atoms with Crippen molar-refractivity contribution in [3.8, 4) is 0 Å². The Kier molecular flexibility index (Phi) is 7.23. The number of fused-ring (bicyclic) bond motifs is 1. The quantitative estimate of drug-likeness (QED) is 0.726. The second-order valence-electron chi connectivity index (χ2n) is 8.64. The van der Waals surface area contributed by atoms with Gasteiger partial charge in [-0.2, -0.15) is 0 Å². The van der Waals surface area contributed by atoms with E-state index < -0.39 is 11.6 Å². The smallest absolute Gasteiger partial charge is 0.242 e. The summed E-state index contributed by atoms with van der Waals surface area (Å²) < 4.78 is 28.0. The van der Waals surface area contributed by atoms with Crippen LogP contribution in [0.1, 0.15) is 24.5 Å². The Bertz CT molecular complexity index is 1020. The third-order valence-electron chi connectivity index (χ3n) is 6.39. The van der Waals surface area contributed by atoms with Crippen LogP contribution in [0.25, 0.3) is 0 Å². The summed E-state index contributed by atoms with van der Waals surface area (Å²) in [6, 6.07) is 10.0. The summed E-state index contributed by atoms with van der Waals surface area (Å²) in [5.41, 5.74) is 2.90. The van der Waals surface area contributed by atoms with Gasteiger partial charge in [0.25, 0.3) is 0 Å². The van der Waals surface area contributed by atoms with Crippen molar-refractivity contribution < 1.29 is 18.4 Å². The number of hydrogen-bond donors (Lipinski definition) is 1. The second-order valence-corrected chi connectivity index (χ2v) is 8.64. The van der Waals surface area contributed by atoms with E-state index in [1.54, 1.807) is 9.80 Å². The van der Waals surface area contributed by atoms with E-state index in [2.05, 4.69) is 12.2 Å². The van der Waals surface area contributed by atoms with Crippen LogP contribution < -0.4 is 10.2 Å². The Hall–Kier alpha value is -3.00. The number of halogens is 2. The summed E-state index contributed by atoms with van der Waals surface area (Å²) in [6.07, 6.45) is 2.21. The molecule has 2 heterocycles. The molecule has 2 amide bonds. The van der Waals surface area contributed by atoms with Crippen LogP contribution in [0.4, 0.5) is 20.2 Å². The Balaban J connectivity index is 1.28. The van der Waals surface area contributed by atoms with Gasteiger partial charge in [0.15, 0.2) is 0 Å². The van der Waals surface area contributed by atoms with Crippen molar-refractivity contribution in [2.45, 2.75) is 26.2 Å². The molecule has 2 aliphatic rings. The minimum atomic E-state index is -0.613. The van der Waals surface area contributed by atoms with Crippen LogP contribution in [0.3, 0.4) is 0 Å². The molecule has 4 rings (SSSR count). The maximum Gasteiger partial charge on any atom is 0.242 e. The molecule has 2 aromatic carbocycles. The highest BCUT2D eigenvalue weighted by Gasteiger charge is 2.27. The number of aryl methyl sites for hydroxylation is 2. The minimum Gasteiger partial charge on any atom is -0.360 e. The van der Waals surface area contributed by atoms with Crippen LogP contribution in [0.5, 0.6) is 0 Å². The number of rotatable bonds is 6. The number of amides is 2. The van der Waals surface area contributed by atoms with Gasteiger partial charge < -0.3 is 15.1 Å². The maximum atomic E-state index is 14.4. The lowest BCUT2D eigenvalue weighted by Crippen LogP contribution is -2.53. The van der Waals surface area contributed by atoms with Gasteiger partial charge in [0.1, 0.15) is 11.6 Å². The molecule has 0 unspecified atom stereocenters. The van der Waals surface area contributed by atoms with Gasteiger partial charge in [0.05, 0.1) is 18.8 Å². The molecule has 0 radical (unpaired) electrons. The van der Waals surface area contributed by atoms with Crippen molar-refractivity contribution in [1.29, 1.82) is 0 Å². The van der Waals surface area contributed by atoms with E-state index in [0.717, 1.165) is 30.2 Å². The van der Waals surface area contributed by atoms with Gasteiger partial charge in [-0.05, 0) is 42.5 Å². The highest BCUT2D eigenvalue weighted by Crippen LogP contribution is 2.31. The largest absolute Gasteiger partial charge is 0.360 e. The molecule has 8 heteroatoms. The summed E-state index contributed by atoms with van der Waals surface area (Å²) >= 11 is 0. The van der Waals surface area contributed by atoms with Crippen molar-refractivity contribution >= 4 is 23.2 Å². The lowest BCUT2D eigenvalue weighted by molar-refractivity contribution is -0.131. The monoisotopic (exact) mass is 456 g/mol. The molecule has 0 aliphatic carbocycles. The second kappa shape index (κ2) is 10.3. The molecule has 0 aromatic heterocycles. The first-order valence-electron chi connectivity index (χ1n) is 11.6. The number of carbonyl (C=O) groups is 2. The van der Waals surface area contributed by atoms with Crippen molar-refractivity contribution in [2.75, 3.05) is 56.0 Å². The molecule has 0 saturated carbocycles. The molecule has 0 spiro atoms. The molecule has 1 fully saturated rings. The number of anilines is 2. The number of piperazine rings is 1. The molecule has 2 aromatic rings. The topological polar surface area (TPSA) is 55.9 Å². The summed E-state index contributed by atoms with van der Waals surface area (Å²) in [4.78, 5) is 30.9. The van der Waals surface area contributed by atoms with Gasteiger partial charge in [-0.25, -0.2) is 8.78 Å². The number of hydrogen-bond acceptors (Lipinski definition) is 4. The molecule has 1 saturated heterocycles. The van der Waals surface area contributed by atoms with E-state index in [-0.39, 0.29) is 24.9 Å². The predicted octanol–water partition coefficient (Wildman–Crippen LogP) is 3.06. The van der Waals surface area contributed by atoms with Crippen molar-refractivity contribution in [1.82, 2.24) is 9.80 Å². The zero-order valence-electron chi connectivity index (χ0n) is 18.9. The van der Waals surface area contributed by atoms with Gasteiger partial charge in [0.2, 0.25) is 11.8 Å². The van der Waals surface area contributed by atoms with E-state index in [1.165, 1.54) is 6.07 Å². The van der Waals surface area contributed by atoms with Crippen LogP contribution in [-0.4, -0.2) is 67.4 Å². The molecule has 0 bridgehead atoms. The number of para-hydroxylation sites is 1. The summed E-state index contributed by atoms with van der Waals surface area (Å²) in [5.74, 6) is -1.34. The molecular weight excluding hydrogens is 426 g/mol. The molecule has 176 valence electrons. The van der Waals surface area contributed by atoms with Gasteiger partial charge in [-0.1, -0.05) is 25.1 Å². The van der Waals surface area contributed by atoms with E-state index >= 15 is 0 Å². The number of carbonyl (C=O) groups excluding carboxylic acids is 2. The molecule has 33 heavy (non-hydrogen) atoms. The van der Waals surface area contributed by atoms with E-state index in [0.29, 0.717) is 50.4 Å². The normalized spacial score (nSPS) is 16.5. The van der Waals surface area contributed by atoms with E-state index in [1.807, 2.05) is 29.2 Å². The lowest BCUT2D eigenvalue weighted by atomic mass is 10.0. The molecular formula is C25H30F2N4O2. The fourth-order valence-corrected chi connectivity index (χ4v) is 4.66. The third-order valence-corrected chi connectivity index (χ3v) is 6.39. The van der Waals surface area contributed by atoms with Crippen LogP contribution in [0.2, 0.25) is 0 Å². The van der Waals surface area contributed by atoms with Crippen LogP contribution >= 0.6 is 0 Å². The van der Waals surface area contributed by atoms with Gasteiger partial charge in [0, 0.05) is 44.5 Å². The Morgan fingerprint density at radius 2 is 1.76 bits per heavy atom. The Morgan fingerprint density at radius 1 is 1.00 bits per heavy atom. The highest BCUT2D eigenvalue weighted by molar-refractivity contribution is 5.93. The number of nitrogens with zero attached hydrogens (tertiary/aromatic N) is 3. The predicted molar refractivity (Wildman–Crippen MR) is 124 cm³/mol. The first-order valence-corrected chi connectivity index (χ1v) is 11.6. The summed E-state index contributed by atoms with van der Waals surface area (Å²) in [6.45, 7) is 5.21. The molecule has 1 N–H and O–H groups in total. The van der Waals surface area contributed by atoms with Crippen LogP contribution in [0, 0.1) is 11.6 Å². The molecule has 0 atom stereocenters. The average molecular weight is 457 g/mol. The fraction of sp³-hybridized carbons (Fsp3) is 0.440. The number of nitrogens with one attached hydrogen (secondary N) is 1. The molecule has 2 aliphatic heterocycles. The minimum absolute atomic E-state index is 0.0664. The number of benzene rings is 2. The van der Waals surface area contributed by atoms with Crippen molar-refractivity contribution in [2.24, 2.45) is 0 Å². The summed E-state index contributed by atoms with van der Waals surface area (Å²) in [5, 5.41) is 2.99. The van der Waals surface area contributed by atoms with E-state index in [9.17, 15) is 18.4 Å². The van der Waals surface area contributed by atoms with Crippen LogP contribution in [0.15, 0.2) is 36.4 Å². The first-order chi connectivity index (χ1) is 15.9. The SMILES string of the molecule is CCc1ccccc1NC(=O)CN1CCN(C(=O)CN2CCCc3cc(F)cc(F)c32)CC1. The Morgan fingerprint density at radius 3 is 2.52 bits per heavy atom. The van der Waals surface area contributed by atoms with Crippen molar-refractivity contribution in [3.63, 3.8) is 0 Å². The zero-order valence-corrected chi connectivity index (χ0v) is 18.9. The Labute approximate surface area is 193 Å². The van der Waals surface area contributed by atoms with Gasteiger partial charge in [-0.3, -0.25) is 14.5 Å². The maximum absolute atomic E-state index is 14.4. The summed E-state index contributed by atoms with van der Waals surface area (Å²) in [7, 11) is 0. The van der Waals surface area contributed by atoms with Gasteiger partial charge >= 0.3 is 0 Å². The first kappa shape index (κ1) is 23.2. The molecule has 6 nitrogen and oxygen atoms in total. The standard InChI is InChI=1S/C25H30F2N4O2/c1-2-18-6-3-4-8-22(18)28-23(32)16-29-10-12-30(13-11-29)24(33)17-31-9-5-7-19-14-20(26)15-21(27)25(19)31/h3-4,6,8,14-15H,2,5,7,9-13,16-17H2,1H3,(H,28,32). The average Bonchev–Trinajstić information content (AvgIpc) is 2.79. The zero-order chi connectivity index (χ0) is 23.4.